The molecular formula is C16H11FN4O3. The van der Waals surface area contributed by atoms with Crippen LogP contribution >= 0.6 is 0 Å². The summed E-state index contributed by atoms with van der Waals surface area (Å²) in [6.07, 6.45) is 3.61. The summed E-state index contributed by atoms with van der Waals surface area (Å²) in [6, 6.07) is 7.53. The zero-order valence-electron chi connectivity index (χ0n) is 12.5. The van der Waals surface area contributed by atoms with Gasteiger partial charge in [0, 0.05) is 21.8 Å². The van der Waals surface area contributed by atoms with Crippen LogP contribution in [0.4, 0.5) is 15.1 Å². The highest BCUT2D eigenvalue weighted by molar-refractivity contribution is 5.92. The number of nitrogens with one attached hydrogen (secondary N) is 1. The fourth-order valence-corrected chi connectivity index (χ4v) is 2.72. The highest BCUT2D eigenvalue weighted by Crippen LogP contribution is 2.31. The molecule has 0 radical (unpaired) electrons. The van der Waals surface area contributed by atoms with Crippen molar-refractivity contribution in [3.05, 3.63) is 48.6 Å². The summed E-state index contributed by atoms with van der Waals surface area (Å²) in [5.41, 5.74) is 4.99. The third-order valence-corrected chi connectivity index (χ3v) is 3.75. The Morgan fingerprint density at radius 3 is 3.00 bits per heavy atom. The molecule has 0 spiro atoms. The highest BCUT2D eigenvalue weighted by Gasteiger charge is 2.13. The number of hydrogen-bond donors (Lipinski definition) is 1. The number of pyridine rings is 1. The Bertz CT molecular complexity index is 1070. The van der Waals surface area contributed by atoms with Crippen LogP contribution in [0.15, 0.2) is 47.5 Å². The quantitative estimate of drug-likeness (QED) is 0.604. The zero-order valence-corrected chi connectivity index (χ0v) is 12.5. The maximum Gasteiger partial charge on any atom is 0.450 e. The first-order valence-corrected chi connectivity index (χ1v) is 7.07. The molecule has 0 fully saturated rings. The molecule has 3 aromatic heterocycles. The number of benzene rings is 1. The van der Waals surface area contributed by atoms with E-state index in [0.717, 1.165) is 22.2 Å². The Morgan fingerprint density at radius 1 is 1.29 bits per heavy atom. The molecule has 0 unspecified atom stereocenters. The Balaban J connectivity index is 1.83. The maximum absolute atomic E-state index is 11.8. The van der Waals surface area contributed by atoms with Crippen LogP contribution in [-0.2, 0) is 4.94 Å². The normalized spacial score (nSPS) is 11.1. The van der Waals surface area contributed by atoms with Crippen LogP contribution in [0.25, 0.3) is 27.9 Å². The zero-order chi connectivity index (χ0) is 16.7. The monoisotopic (exact) mass is 326 g/mol. The fraction of sp³-hybridized carbons (Fsp3) is 0.0625. The lowest BCUT2D eigenvalue weighted by Crippen LogP contribution is -2.09. The molecule has 0 saturated heterocycles. The minimum Gasteiger partial charge on any atom is -0.443 e. The van der Waals surface area contributed by atoms with Crippen molar-refractivity contribution in [1.82, 2.24) is 14.4 Å². The lowest BCUT2D eigenvalue weighted by atomic mass is 10.0. The summed E-state index contributed by atoms with van der Waals surface area (Å²) in [7, 11) is 0. The number of carbonyl (C=O) groups excluding carboxylic acids is 1. The van der Waals surface area contributed by atoms with E-state index in [4.69, 9.17) is 4.42 Å². The number of anilines is 1. The van der Waals surface area contributed by atoms with Crippen molar-refractivity contribution in [1.29, 1.82) is 0 Å². The number of rotatable bonds is 2. The average Bonchev–Trinajstić information content (AvgIpc) is 3.19. The Kier molecular flexibility index (Phi) is 3.16. The van der Waals surface area contributed by atoms with Gasteiger partial charge in [-0.05, 0) is 30.7 Å². The Morgan fingerprint density at radius 2 is 2.17 bits per heavy atom. The van der Waals surface area contributed by atoms with Gasteiger partial charge in [-0.2, -0.15) is 0 Å². The second-order valence-corrected chi connectivity index (χ2v) is 5.26. The standard InChI is InChI=1S/C16H11FN4O3/c1-9-2-4-11-15(18-8-23-11)14(9)10-3-5-13-19-12(7-21(13)6-10)20-16(22)24-17/h2-8H,1H3,(H,20,22). The molecule has 1 amide bonds. The number of hydrogen-bond acceptors (Lipinski definition) is 5. The van der Waals surface area contributed by atoms with E-state index in [1.807, 2.05) is 31.3 Å². The van der Waals surface area contributed by atoms with Gasteiger partial charge in [-0.15, -0.1) is 0 Å². The fourth-order valence-electron chi connectivity index (χ4n) is 2.72. The summed E-state index contributed by atoms with van der Waals surface area (Å²) in [6.45, 7) is 1.99. The van der Waals surface area contributed by atoms with Gasteiger partial charge in [-0.25, -0.2) is 19.7 Å². The number of nitrogens with zero attached hydrogens (tertiary/aromatic N) is 3. The summed E-state index contributed by atoms with van der Waals surface area (Å²) in [4.78, 5) is 22.5. The third-order valence-electron chi connectivity index (χ3n) is 3.75. The Labute approximate surface area is 134 Å². The summed E-state index contributed by atoms with van der Waals surface area (Å²) < 4.78 is 18.9. The molecule has 3 heterocycles. The number of carbonyl (C=O) groups is 1. The predicted molar refractivity (Wildman–Crippen MR) is 84.1 cm³/mol. The molecule has 4 aromatic rings. The summed E-state index contributed by atoms with van der Waals surface area (Å²) in [5, 5.41) is 2.18. The number of amides is 1. The lowest BCUT2D eigenvalue weighted by molar-refractivity contribution is -0.0544. The van der Waals surface area contributed by atoms with E-state index in [1.54, 1.807) is 16.7 Å². The number of fused-ring (bicyclic) bond motifs is 2. The molecule has 0 bridgehead atoms. The molecule has 0 aliphatic rings. The molecule has 7 nitrogen and oxygen atoms in total. The van der Waals surface area contributed by atoms with Crippen LogP contribution in [0.1, 0.15) is 5.56 Å². The first kappa shape index (κ1) is 14.2. The van der Waals surface area contributed by atoms with Gasteiger partial charge in [0.2, 0.25) is 0 Å². The first-order chi connectivity index (χ1) is 11.7. The van der Waals surface area contributed by atoms with Crippen LogP contribution in [-0.4, -0.2) is 20.5 Å². The number of imidazole rings is 1. The lowest BCUT2D eigenvalue weighted by Gasteiger charge is -2.07. The molecule has 0 saturated carbocycles. The SMILES string of the molecule is Cc1ccc2ocnc2c1-c1ccc2nc(NC(=O)OF)cn2c1. The van der Waals surface area contributed by atoms with Crippen LogP contribution in [0, 0.1) is 6.92 Å². The van der Waals surface area contributed by atoms with Crippen molar-refractivity contribution >= 4 is 28.7 Å². The first-order valence-electron chi connectivity index (χ1n) is 7.07. The van der Waals surface area contributed by atoms with E-state index in [-0.39, 0.29) is 5.82 Å². The van der Waals surface area contributed by atoms with E-state index in [0.29, 0.717) is 11.2 Å². The van der Waals surface area contributed by atoms with Crippen molar-refractivity contribution in [3.63, 3.8) is 0 Å². The van der Waals surface area contributed by atoms with Gasteiger partial charge in [-0.3, -0.25) is 5.32 Å². The van der Waals surface area contributed by atoms with Crippen molar-refractivity contribution in [3.8, 4) is 11.1 Å². The van der Waals surface area contributed by atoms with E-state index in [2.05, 4.69) is 20.2 Å². The average molecular weight is 326 g/mol. The predicted octanol–water partition coefficient (Wildman–Crippen LogP) is 3.88. The number of oxazole rings is 1. The smallest absolute Gasteiger partial charge is 0.443 e. The minimum atomic E-state index is -1.22. The van der Waals surface area contributed by atoms with Crippen molar-refractivity contribution < 1.29 is 18.7 Å². The van der Waals surface area contributed by atoms with Crippen molar-refractivity contribution in [2.45, 2.75) is 6.92 Å². The number of aromatic nitrogens is 3. The molecule has 1 N–H and O–H groups in total. The number of halogens is 1. The largest absolute Gasteiger partial charge is 0.450 e. The maximum atomic E-state index is 11.8. The van der Waals surface area contributed by atoms with E-state index in [9.17, 15) is 9.32 Å². The van der Waals surface area contributed by atoms with Crippen LogP contribution < -0.4 is 5.32 Å². The van der Waals surface area contributed by atoms with Gasteiger partial charge < -0.3 is 8.82 Å². The Hall–Kier alpha value is -3.42. The van der Waals surface area contributed by atoms with Crippen LogP contribution in [0.5, 0.6) is 0 Å². The molecular weight excluding hydrogens is 315 g/mol. The molecule has 1 aromatic carbocycles. The second-order valence-electron chi connectivity index (χ2n) is 5.26. The van der Waals surface area contributed by atoms with Crippen LogP contribution in [0.3, 0.4) is 0 Å². The highest BCUT2D eigenvalue weighted by atomic mass is 19.3. The molecule has 0 atom stereocenters. The van der Waals surface area contributed by atoms with Gasteiger partial charge in [-0.1, -0.05) is 6.07 Å². The van der Waals surface area contributed by atoms with E-state index < -0.39 is 6.09 Å². The van der Waals surface area contributed by atoms with Gasteiger partial charge in [0.15, 0.2) is 17.8 Å². The van der Waals surface area contributed by atoms with Gasteiger partial charge in [0.1, 0.15) is 11.2 Å². The molecule has 0 aliphatic carbocycles. The summed E-state index contributed by atoms with van der Waals surface area (Å²) in [5.74, 6) is 0.186. The van der Waals surface area contributed by atoms with Gasteiger partial charge >= 0.3 is 6.09 Å². The molecule has 120 valence electrons. The topological polar surface area (TPSA) is 81.7 Å². The van der Waals surface area contributed by atoms with Crippen LogP contribution in [0.2, 0.25) is 0 Å². The minimum absolute atomic E-state index is 0.186. The number of aryl methyl sites for hydroxylation is 1. The second kappa shape index (κ2) is 5.34. The molecule has 24 heavy (non-hydrogen) atoms. The van der Waals surface area contributed by atoms with Crippen molar-refractivity contribution in [2.75, 3.05) is 5.32 Å². The molecule has 4 rings (SSSR count). The van der Waals surface area contributed by atoms with Gasteiger partial charge in [0.25, 0.3) is 0 Å². The third kappa shape index (κ3) is 2.24. The summed E-state index contributed by atoms with van der Waals surface area (Å²) >= 11 is 0. The van der Waals surface area contributed by atoms with Crippen molar-refractivity contribution in [2.24, 2.45) is 0 Å². The van der Waals surface area contributed by atoms with E-state index >= 15 is 0 Å². The molecule has 8 heteroatoms. The molecule has 0 aliphatic heterocycles. The van der Waals surface area contributed by atoms with Gasteiger partial charge in [0.05, 0.1) is 6.20 Å². The van der Waals surface area contributed by atoms with E-state index in [1.165, 1.54) is 6.39 Å².